The Morgan fingerprint density at radius 2 is 1.18 bits per heavy atom. The Balaban J connectivity index is 1.37. The van der Waals surface area contributed by atoms with Crippen LogP contribution in [0.4, 0.5) is 0 Å². The van der Waals surface area contributed by atoms with Crippen molar-refractivity contribution in [3.8, 4) is 11.1 Å². The lowest BCUT2D eigenvalue weighted by Gasteiger charge is -2.08. The van der Waals surface area contributed by atoms with Gasteiger partial charge in [-0.2, -0.15) is 4.57 Å². The van der Waals surface area contributed by atoms with Gasteiger partial charge < -0.3 is 9.47 Å². The summed E-state index contributed by atoms with van der Waals surface area (Å²) in [5, 5.41) is 1.16. The molecule has 0 saturated carbocycles. The molecule has 0 unspecified atom stereocenters. The zero-order valence-electron chi connectivity index (χ0n) is 21.3. The number of fused-ring (bicyclic) bond motifs is 1. The van der Waals surface area contributed by atoms with E-state index in [4.69, 9.17) is 9.47 Å². The minimum atomic E-state index is -0.334. The van der Waals surface area contributed by atoms with E-state index in [0.717, 1.165) is 33.2 Å². The van der Waals surface area contributed by atoms with Crippen LogP contribution in [-0.4, -0.2) is 26.2 Å². The summed E-state index contributed by atoms with van der Waals surface area (Å²) in [6.07, 6.45) is 6.25. The van der Waals surface area contributed by atoms with Gasteiger partial charge in [0.1, 0.15) is 0 Å². The smallest absolute Gasteiger partial charge is 0.337 e. The lowest BCUT2D eigenvalue weighted by molar-refractivity contribution is -0.688. The minimum Gasteiger partial charge on any atom is -0.465 e. The molecule has 3 aromatic carbocycles. The summed E-state index contributed by atoms with van der Waals surface area (Å²) in [5.41, 5.74) is 6.70. The van der Waals surface area contributed by atoms with Crippen LogP contribution in [0.15, 0.2) is 110 Å². The Morgan fingerprint density at radius 3 is 1.76 bits per heavy atom. The molecule has 2 heterocycles. The van der Waals surface area contributed by atoms with Gasteiger partial charge in [0.2, 0.25) is 5.52 Å². The molecule has 188 valence electrons. The van der Waals surface area contributed by atoms with Crippen molar-refractivity contribution < 1.29 is 28.2 Å². The van der Waals surface area contributed by atoms with Gasteiger partial charge in [-0.05, 0) is 35.9 Å². The molecule has 0 saturated heterocycles. The molecule has 0 fully saturated rings. The fourth-order valence-electron chi connectivity index (χ4n) is 4.55. The zero-order valence-corrected chi connectivity index (χ0v) is 21.3. The van der Waals surface area contributed by atoms with Crippen LogP contribution in [0.1, 0.15) is 31.8 Å². The molecule has 0 atom stereocenters. The predicted molar refractivity (Wildman–Crippen MR) is 144 cm³/mol. The van der Waals surface area contributed by atoms with Crippen LogP contribution < -0.4 is 9.13 Å². The fraction of sp³-hybridized carbons (Fsp3) is 0.125. The van der Waals surface area contributed by atoms with Gasteiger partial charge in [-0.3, -0.25) is 0 Å². The van der Waals surface area contributed by atoms with Crippen LogP contribution in [0.2, 0.25) is 0 Å². The molecule has 0 aliphatic rings. The van der Waals surface area contributed by atoms with Crippen molar-refractivity contribution in [1.82, 2.24) is 0 Å². The van der Waals surface area contributed by atoms with Gasteiger partial charge >= 0.3 is 11.9 Å². The molecule has 2 aromatic heterocycles. The van der Waals surface area contributed by atoms with E-state index in [1.807, 2.05) is 30.3 Å². The second-order valence-corrected chi connectivity index (χ2v) is 9.01. The Morgan fingerprint density at radius 1 is 0.632 bits per heavy atom. The molecular weight excluding hydrogens is 476 g/mol. The average Bonchev–Trinajstić information content (AvgIpc) is 2.98. The number of para-hydroxylation sites is 1. The summed E-state index contributed by atoms with van der Waals surface area (Å²) in [6, 6.07) is 29.8. The first-order valence-electron chi connectivity index (χ1n) is 12.3. The normalized spacial score (nSPS) is 10.8. The molecule has 0 amide bonds. The largest absolute Gasteiger partial charge is 0.465 e. The van der Waals surface area contributed by atoms with E-state index < -0.39 is 0 Å². The Labute approximate surface area is 221 Å². The number of nitrogens with zero attached hydrogens (tertiary/aromatic N) is 2. The Kier molecular flexibility index (Phi) is 7.22. The van der Waals surface area contributed by atoms with Gasteiger partial charge in [-0.1, -0.05) is 36.4 Å². The molecule has 5 aromatic rings. The van der Waals surface area contributed by atoms with Crippen molar-refractivity contribution in [3.63, 3.8) is 0 Å². The highest BCUT2D eigenvalue weighted by atomic mass is 16.5. The van der Waals surface area contributed by atoms with Crippen LogP contribution in [-0.2, 0) is 22.6 Å². The van der Waals surface area contributed by atoms with E-state index in [9.17, 15) is 9.59 Å². The van der Waals surface area contributed by atoms with Gasteiger partial charge in [-0.25, -0.2) is 14.2 Å². The van der Waals surface area contributed by atoms with Crippen molar-refractivity contribution in [2.75, 3.05) is 14.2 Å². The van der Waals surface area contributed by atoms with Crippen molar-refractivity contribution >= 4 is 22.8 Å². The molecule has 0 aliphatic heterocycles. The number of carbonyl (C=O) groups is 2. The summed E-state index contributed by atoms with van der Waals surface area (Å²) < 4.78 is 13.9. The van der Waals surface area contributed by atoms with E-state index in [0.29, 0.717) is 24.2 Å². The monoisotopic (exact) mass is 504 g/mol. The molecule has 0 bridgehead atoms. The highest BCUT2D eigenvalue weighted by Gasteiger charge is 2.16. The lowest BCUT2D eigenvalue weighted by Crippen LogP contribution is -2.35. The molecular formula is C32H28N2O4+2. The van der Waals surface area contributed by atoms with E-state index in [1.54, 1.807) is 24.3 Å². The summed E-state index contributed by atoms with van der Waals surface area (Å²) >= 11 is 0. The number of benzene rings is 3. The van der Waals surface area contributed by atoms with E-state index in [-0.39, 0.29) is 11.9 Å². The number of esters is 2. The topological polar surface area (TPSA) is 60.4 Å². The van der Waals surface area contributed by atoms with Crippen LogP contribution in [0, 0.1) is 0 Å². The van der Waals surface area contributed by atoms with Crippen molar-refractivity contribution in [1.29, 1.82) is 0 Å². The molecule has 6 heteroatoms. The summed E-state index contributed by atoms with van der Waals surface area (Å²) in [5.74, 6) is -0.666. The van der Waals surface area contributed by atoms with E-state index >= 15 is 0 Å². The first-order chi connectivity index (χ1) is 18.6. The summed E-state index contributed by atoms with van der Waals surface area (Å²) in [4.78, 5) is 23.4. The third kappa shape index (κ3) is 5.30. The number of methoxy groups -OCH3 is 2. The third-order valence-corrected chi connectivity index (χ3v) is 6.60. The summed E-state index contributed by atoms with van der Waals surface area (Å²) in [7, 11) is 2.77. The Hall–Kier alpha value is -4.84. The summed E-state index contributed by atoms with van der Waals surface area (Å²) in [6.45, 7) is 1.39. The van der Waals surface area contributed by atoms with Crippen LogP contribution in [0.3, 0.4) is 0 Å². The molecule has 38 heavy (non-hydrogen) atoms. The number of pyridine rings is 2. The van der Waals surface area contributed by atoms with Crippen LogP contribution in [0.5, 0.6) is 0 Å². The standard InChI is InChI=1S/C32H28N2O4/c1-37-31(35)26-11-7-23(8-12-26)21-33-18-15-25(16-19-33)28-17-20-34(30-6-4-3-5-29(28)30)22-24-9-13-27(14-10-24)32(36)38-2/h3-20H,21-22H2,1-2H3/q+2. The predicted octanol–water partition coefficient (Wildman–Crippen LogP) is 4.75. The lowest BCUT2D eigenvalue weighted by atomic mass is 10.0. The number of rotatable bonds is 7. The van der Waals surface area contributed by atoms with Crippen LogP contribution in [0.25, 0.3) is 22.0 Å². The maximum absolute atomic E-state index is 11.7. The maximum atomic E-state index is 11.7. The number of aromatic nitrogens is 2. The highest BCUT2D eigenvalue weighted by molar-refractivity contribution is 5.92. The maximum Gasteiger partial charge on any atom is 0.337 e. The molecule has 0 N–H and O–H groups in total. The fourth-order valence-corrected chi connectivity index (χ4v) is 4.55. The first kappa shape index (κ1) is 24.8. The second-order valence-electron chi connectivity index (χ2n) is 9.01. The molecule has 0 spiro atoms. The second kappa shape index (κ2) is 11.0. The zero-order chi connectivity index (χ0) is 26.5. The highest BCUT2D eigenvalue weighted by Crippen LogP contribution is 2.26. The van der Waals surface area contributed by atoms with Crippen LogP contribution >= 0.6 is 0 Å². The van der Waals surface area contributed by atoms with E-state index in [1.165, 1.54) is 14.2 Å². The van der Waals surface area contributed by atoms with Gasteiger partial charge in [0.25, 0.3) is 0 Å². The number of carbonyl (C=O) groups excluding carboxylic acids is 2. The average molecular weight is 505 g/mol. The van der Waals surface area contributed by atoms with Crippen molar-refractivity contribution in [2.45, 2.75) is 13.1 Å². The van der Waals surface area contributed by atoms with Gasteiger partial charge in [-0.15, -0.1) is 0 Å². The van der Waals surface area contributed by atoms with Gasteiger partial charge in [0.15, 0.2) is 31.7 Å². The number of ether oxygens (including phenoxy) is 2. The quantitative estimate of drug-likeness (QED) is 0.237. The van der Waals surface area contributed by atoms with E-state index in [2.05, 4.69) is 64.1 Å². The molecule has 5 rings (SSSR count). The Bertz CT molecular complexity index is 1590. The first-order valence-corrected chi connectivity index (χ1v) is 12.3. The molecule has 0 aliphatic carbocycles. The molecule has 6 nitrogen and oxygen atoms in total. The number of hydrogen-bond donors (Lipinski definition) is 0. The molecule has 0 radical (unpaired) electrons. The number of hydrogen-bond acceptors (Lipinski definition) is 4. The minimum absolute atomic E-state index is 0.332. The van der Waals surface area contributed by atoms with Gasteiger partial charge in [0.05, 0.1) is 30.7 Å². The third-order valence-electron chi connectivity index (χ3n) is 6.60. The van der Waals surface area contributed by atoms with Crippen molar-refractivity contribution in [3.05, 3.63) is 132 Å². The SMILES string of the molecule is COC(=O)c1ccc(C[n+]2ccc(-c3cc[n+](Cc4ccc(C(=O)OC)cc4)c4ccccc34)cc2)cc1. The van der Waals surface area contributed by atoms with Gasteiger partial charge in [0, 0.05) is 41.0 Å². The van der Waals surface area contributed by atoms with Crippen molar-refractivity contribution in [2.24, 2.45) is 0 Å².